The van der Waals surface area contributed by atoms with Crippen molar-refractivity contribution >= 4 is 123 Å². The van der Waals surface area contributed by atoms with Crippen LogP contribution in [0.25, 0.3) is 10.2 Å². The molecular weight excluding hydrogens is 1740 g/mol. The fraction of sp³-hybridized carbons (Fsp3) is 0.222. The van der Waals surface area contributed by atoms with Crippen molar-refractivity contribution in [3.63, 3.8) is 0 Å². The van der Waals surface area contributed by atoms with Crippen molar-refractivity contribution in [3.05, 3.63) is 514 Å². The minimum atomic E-state index is -2.95. The molecule has 16 aromatic rings. The number of hydrogen-bond donors (Lipinski definition) is 0. The van der Waals surface area contributed by atoms with Crippen molar-refractivity contribution in [2.45, 2.75) is 186 Å². The normalized spacial score (nSPS) is 11.5. The molecule has 15 heteroatoms. The summed E-state index contributed by atoms with van der Waals surface area (Å²) in [6.07, 6.45) is 0. The van der Waals surface area contributed by atoms with Crippen LogP contribution >= 0.6 is 28.2 Å². The summed E-state index contributed by atoms with van der Waals surface area (Å²) in [6, 6.07) is 158. The van der Waals surface area contributed by atoms with Gasteiger partial charge in [0.15, 0.2) is 0 Å². The van der Waals surface area contributed by atoms with Gasteiger partial charge in [-0.25, -0.2) is 0 Å². The van der Waals surface area contributed by atoms with E-state index in [1.165, 1.54) is 66.8 Å². The predicted molar refractivity (Wildman–Crippen MR) is 603 cm³/mol. The first-order chi connectivity index (χ1) is 64.7. The van der Waals surface area contributed by atoms with E-state index in [9.17, 15) is 0 Å². The van der Waals surface area contributed by atoms with E-state index in [-0.39, 0.29) is 179 Å². The molecule has 0 aliphatic rings. The van der Waals surface area contributed by atoms with Crippen LogP contribution in [0.5, 0.6) is 0 Å². The third kappa shape index (κ3) is 34.2. The molecule has 2 atom stereocenters. The topological polar surface area (TPSA) is 52.9 Å². The molecule has 0 fully saturated rings. The second kappa shape index (κ2) is 63.0. The summed E-state index contributed by atoms with van der Waals surface area (Å²) < 4.78 is 12.4. The Kier molecular flexibility index (Phi) is 56.2. The Morgan fingerprint density at radius 3 is 0.539 bits per heavy atom. The van der Waals surface area contributed by atoms with E-state index in [0.717, 1.165) is 65.2 Å². The first kappa shape index (κ1) is 126. The predicted octanol–water partition coefficient (Wildman–Crippen LogP) is 16.4. The first-order valence-electron chi connectivity index (χ1n) is 47.7. The number of benzene rings is 16. The second-order valence-corrected chi connectivity index (χ2v) is 48.2. The summed E-state index contributed by atoms with van der Waals surface area (Å²) >= 11 is 0. The van der Waals surface area contributed by atoms with Gasteiger partial charge < -0.3 is 35.3 Å². The van der Waals surface area contributed by atoms with Crippen LogP contribution in [0.3, 0.4) is 0 Å². The number of nitrogens with zero attached hydrogens (tertiary/aromatic N) is 4. The SMILES string of the molecule is CC(C)c1cccc(C(C)C)c1N=P([C-]=[P@@]([N-]c1c(C(C)C)cccc1C(C)C)(c1[c-]cccc1)c1ccccc1)(c1ccccc1)c1ccccc1.CC(C)c1cccc(C(C)C)c1N=P([C-]=[P@@]([N-]c1c(C(C)C)cccc1C(C)C)(c1[c-]cccc1)c1ccccc1)(c1ccccc1)c1ccccc1.Cc1ccccc1.Cc1ccccc1.Cc1ccccc1.Cc1ccccc1.[Li+].[Li+].[Li+].[Li+].[Li+].[Li+].[Li]. The maximum atomic E-state index is 6.22. The fourth-order valence-corrected chi connectivity index (χ4v) is 32.9. The Labute approximate surface area is 935 Å². The van der Waals surface area contributed by atoms with Crippen molar-refractivity contribution in [1.82, 2.24) is 0 Å². The van der Waals surface area contributed by atoms with Gasteiger partial charge in [0.05, 0.1) is 11.4 Å². The second-order valence-electron chi connectivity index (χ2n) is 36.6. The third-order valence-corrected chi connectivity index (χ3v) is 38.4. The van der Waals surface area contributed by atoms with Crippen molar-refractivity contribution in [1.29, 1.82) is 0 Å². The van der Waals surface area contributed by atoms with Crippen LogP contribution in [0.15, 0.2) is 434 Å². The van der Waals surface area contributed by atoms with Gasteiger partial charge in [-0.2, -0.15) is 71.3 Å². The Morgan fingerprint density at radius 1 is 0.206 bits per heavy atom. The van der Waals surface area contributed by atoms with E-state index in [0.29, 0.717) is 0 Å². The molecule has 141 heavy (non-hydrogen) atoms. The van der Waals surface area contributed by atoms with Crippen molar-refractivity contribution in [2.24, 2.45) is 9.49 Å². The minimum absolute atomic E-state index is 0. The van der Waals surface area contributed by atoms with Gasteiger partial charge in [0, 0.05) is 18.9 Å². The van der Waals surface area contributed by atoms with Crippen LogP contribution in [-0.2, 0) is 0 Å². The van der Waals surface area contributed by atoms with E-state index < -0.39 is 28.2 Å². The molecule has 0 unspecified atom stereocenters. The van der Waals surface area contributed by atoms with Gasteiger partial charge in [0.25, 0.3) is 0 Å². The molecule has 0 heterocycles. The molecule has 0 aliphatic heterocycles. The summed E-state index contributed by atoms with van der Waals surface area (Å²) in [5.41, 5.74) is 28.8. The number of aryl methyl sites for hydroxylation is 4. The third-order valence-electron chi connectivity index (χ3n) is 23.6. The van der Waals surface area contributed by atoms with E-state index in [1.807, 2.05) is 84.9 Å². The molecule has 689 valence electrons. The number of rotatable bonds is 24. The molecule has 0 N–H and O–H groups in total. The summed E-state index contributed by atoms with van der Waals surface area (Å²) in [4.78, 5) is 0. The molecule has 16 aromatic carbocycles. The zero-order chi connectivity index (χ0) is 95.6. The standard InChI is InChI=1S/2C49H53N2P2.4C7H8.7Li/c2*1-36(2)44-31-21-32-45(37(3)4)48(44)50-52(40-23-13-9-14-24-40,41-25-15-10-16-26-41)35-53(42-27-17-11-18-28-42,43-29-19-12-20-30-43)51-49-46(38(5)6)33-22-34-47(49)39(7)8;4*1-7-5-3-2-4-6-7;;;;;;;/h2*9-29,31-34,36-39H,1-8H3;4*2-6H,1H3;;;;;;;/q2*-3;;;;;;6*+1/t2*53-;;;;;;;;;;;/m00.........../s1. The van der Waals surface area contributed by atoms with Gasteiger partial charge in [0.2, 0.25) is 0 Å². The molecule has 16 rings (SSSR count). The molecule has 0 saturated carbocycles. The van der Waals surface area contributed by atoms with Gasteiger partial charge >= 0.3 is 113 Å². The zero-order valence-electron chi connectivity index (χ0n) is 89.6. The maximum absolute atomic E-state index is 6.22. The molecular formula is C126H138Li7N4P4. The molecule has 0 saturated heterocycles. The van der Waals surface area contributed by atoms with Crippen molar-refractivity contribution in [3.8, 4) is 0 Å². The monoisotopic (exact) mass is 1880 g/mol. The van der Waals surface area contributed by atoms with Crippen molar-refractivity contribution < 1.29 is 113 Å². The smallest absolute Gasteiger partial charge is 0.679 e. The van der Waals surface area contributed by atoms with Gasteiger partial charge in [-0.15, -0.1) is 25.5 Å². The largest absolute Gasteiger partial charge is 1.00 e. The summed E-state index contributed by atoms with van der Waals surface area (Å²) in [6.45, 7) is 44.8. The zero-order valence-corrected chi connectivity index (χ0v) is 93.2. The maximum Gasteiger partial charge on any atom is 1.00 e. The molecule has 0 aromatic heterocycles. The first-order valence-corrected chi connectivity index (χ1v) is 54.6. The van der Waals surface area contributed by atoms with Crippen LogP contribution in [0.4, 0.5) is 22.7 Å². The van der Waals surface area contributed by atoms with Gasteiger partial charge in [-0.3, -0.25) is 9.49 Å². The van der Waals surface area contributed by atoms with Crippen LogP contribution in [0.2, 0.25) is 0 Å². The number of hydrogen-bond acceptors (Lipinski definition) is 2. The molecule has 0 aliphatic carbocycles. The average molecular weight is 1880 g/mol. The van der Waals surface area contributed by atoms with Crippen molar-refractivity contribution in [2.75, 3.05) is 0 Å². The molecule has 0 bridgehead atoms. The summed E-state index contributed by atoms with van der Waals surface area (Å²) in [7, 11) is -11.7. The van der Waals surface area contributed by atoms with Gasteiger partial charge in [-0.1, -0.05) is 542 Å². The van der Waals surface area contributed by atoms with E-state index in [1.54, 1.807) is 0 Å². The fourth-order valence-electron chi connectivity index (χ4n) is 16.3. The van der Waals surface area contributed by atoms with Crippen LogP contribution in [0.1, 0.15) is 225 Å². The molecule has 0 amide bonds. The Morgan fingerprint density at radius 2 is 0.376 bits per heavy atom. The quantitative estimate of drug-likeness (QED) is 0.0329. The molecule has 0 spiro atoms. The molecule has 4 nitrogen and oxygen atoms in total. The van der Waals surface area contributed by atoms with E-state index >= 15 is 0 Å². The van der Waals surface area contributed by atoms with E-state index in [4.69, 9.17) is 19.7 Å². The van der Waals surface area contributed by atoms with Gasteiger partial charge in [0.1, 0.15) is 0 Å². The van der Waals surface area contributed by atoms with E-state index in [2.05, 4.69) is 501 Å². The van der Waals surface area contributed by atoms with Crippen LogP contribution in [0, 0.1) is 39.8 Å². The average Bonchev–Trinajstić information content (AvgIpc) is 0.729. The Hall–Kier alpha value is -7.64. The van der Waals surface area contributed by atoms with Gasteiger partial charge in [-0.05, 0) is 119 Å². The summed E-state index contributed by atoms with van der Waals surface area (Å²) in [5.74, 6) is 2.27. The molecule has 1 radical (unpaired) electrons. The van der Waals surface area contributed by atoms with Crippen LogP contribution < -0.4 is 156 Å². The summed E-state index contributed by atoms with van der Waals surface area (Å²) in [5, 5.41) is 21.4. The van der Waals surface area contributed by atoms with Crippen LogP contribution in [-0.4, -0.2) is 29.9 Å². The Balaban J connectivity index is 0.000000440. The minimum Gasteiger partial charge on any atom is -0.679 e. The Bertz CT molecular complexity index is 5750.